The summed E-state index contributed by atoms with van der Waals surface area (Å²) in [5.41, 5.74) is 8.31. The van der Waals surface area contributed by atoms with Crippen molar-refractivity contribution in [2.45, 2.75) is 13.0 Å². The van der Waals surface area contributed by atoms with Crippen LogP contribution in [-0.4, -0.2) is 61.5 Å². The van der Waals surface area contributed by atoms with Crippen LogP contribution in [-0.2, 0) is 0 Å². The molecule has 26 heavy (non-hydrogen) atoms. The summed E-state index contributed by atoms with van der Waals surface area (Å²) in [6, 6.07) is 1.53. The Balaban J connectivity index is 1.50. The molecule has 11 heteroatoms. The molecule has 3 aromatic rings. The number of carbonyl (C=O) groups is 1. The van der Waals surface area contributed by atoms with E-state index < -0.39 is 0 Å². The quantitative estimate of drug-likeness (QED) is 0.688. The van der Waals surface area contributed by atoms with Crippen LogP contribution in [0.1, 0.15) is 6.92 Å². The van der Waals surface area contributed by atoms with Crippen LogP contribution in [0.3, 0.4) is 0 Å². The summed E-state index contributed by atoms with van der Waals surface area (Å²) >= 11 is 1.43. The van der Waals surface area contributed by atoms with E-state index in [1.54, 1.807) is 28.9 Å². The molecular weight excluding hydrogens is 354 g/mol. The average Bonchev–Trinajstić information content (AvgIpc) is 3.10. The number of anilines is 3. The Hall–Kier alpha value is -3.08. The normalized spacial score (nSPS) is 17.5. The number of fused-ring (bicyclic) bond motifs is 1. The van der Waals surface area contributed by atoms with E-state index in [4.69, 9.17) is 5.73 Å². The molecule has 1 saturated heterocycles. The minimum absolute atomic E-state index is 0.0467. The molecule has 0 bridgehead atoms. The van der Waals surface area contributed by atoms with E-state index in [1.807, 2.05) is 6.92 Å². The average molecular weight is 371 g/mol. The summed E-state index contributed by atoms with van der Waals surface area (Å²) in [4.78, 5) is 38.0. The number of carbonyl (C=O) groups excluding carboxylic acids is 1. The van der Waals surface area contributed by atoms with E-state index in [1.165, 1.54) is 11.3 Å². The Morgan fingerprint density at radius 2 is 2.08 bits per heavy atom. The Labute approximate surface area is 153 Å². The van der Waals surface area contributed by atoms with Gasteiger partial charge in [-0.3, -0.25) is 5.32 Å². The number of nitrogens with two attached hydrogens (primary N) is 1. The van der Waals surface area contributed by atoms with Crippen LogP contribution < -0.4 is 16.0 Å². The Bertz CT molecular complexity index is 931. The van der Waals surface area contributed by atoms with Crippen molar-refractivity contribution in [3.63, 3.8) is 0 Å². The zero-order valence-electron chi connectivity index (χ0n) is 14.0. The zero-order valence-corrected chi connectivity index (χ0v) is 14.8. The van der Waals surface area contributed by atoms with Crippen molar-refractivity contribution in [3.05, 3.63) is 24.0 Å². The van der Waals surface area contributed by atoms with Gasteiger partial charge in [-0.25, -0.2) is 24.7 Å². The first-order valence-electron chi connectivity index (χ1n) is 8.08. The second-order valence-corrected chi connectivity index (χ2v) is 6.74. The van der Waals surface area contributed by atoms with Gasteiger partial charge in [-0.1, -0.05) is 0 Å². The topological polar surface area (TPSA) is 126 Å². The van der Waals surface area contributed by atoms with Crippen molar-refractivity contribution in [2.24, 2.45) is 0 Å². The molecule has 1 fully saturated rings. The molecule has 1 atom stereocenters. The van der Waals surface area contributed by atoms with E-state index in [-0.39, 0.29) is 18.0 Å². The van der Waals surface area contributed by atoms with E-state index >= 15 is 0 Å². The number of hydrogen-bond donors (Lipinski definition) is 2. The molecule has 0 saturated carbocycles. The van der Waals surface area contributed by atoms with Crippen molar-refractivity contribution >= 4 is 45.4 Å². The van der Waals surface area contributed by atoms with Crippen molar-refractivity contribution < 1.29 is 4.79 Å². The van der Waals surface area contributed by atoms with Crippen molar-refractivity contribution in [3.8, 4) is 0 Å². The number of hydrogen-bond acceptors (Lipinski definition) is 9. The lowest BCUT2D eigenvalue weighted by molar-refractivity contribution is 0.200. The van der Waals surface area contributed by atoms with Crippen LogP contribution in [0.5, 0.6) is 0 Å². The largest absolute Gasteiger partial charge is 0.368 e. The predicted octanol–water partition coefficient (Wildman–Crippen LogP) is 1.20. The number of aromatic nitrogens is 5. The molecule has 10 nitrogen and oxygen atoms in total. The highest BCUT2D eigenvalue weighted by atomic mass is 32.1. The van der Waals surface area contributed by atoms with Gasteiger partial charge >= 0.3 is 6.03 Å². The molecule has 0 spiro atoms. The van der Waals surface area contributed by atoms with E-state index in [0.29, 0.717) is 31.4 Å². The molecule has 3 N–H and O–H groups in total. The summed E-state index contributed by atoms with van der Waals surface area (Å²) in [6.07, 6.45) is 3.17. The van der Waals surface area contributed by atoms with Gasteiger partial charge in [0, 0.05) is 38.1 Å². The molecule has 3 aromatic heterocycles. The van der Waals surface area contributed by atoms with Crippen molar-refractivity contribution in [1.82, 2.24) is 29.8 Å². The number of rotatable bonds is 2. The van der Waals surface area contributed by atoms with Crippen LogP contribution in [0, 0.1) is 0 Å². The molecule has 2 amide bonds. The van der Waals surface area contributed by atoms with E-state index in [9.17, 15) is 4.79 Å². The standard InChI is InChI=1S/C15H17N9OS/c1-9-7-23(15(25)22-14-17-3-2-4-18-14)5-6-24(9)11-10-12(26-8-19-10)21-13(16)20-11/h2-4,8-9H,5-7H2,1H3,(H2,16,20,21)(H,17,18,22,25). The molecule has 0 aromatic carbocycles. The van der Waals surface area contributed by atoms with Gasteiger partial charge in [-0.2, -0.15) is 4.98 Å². The minimum Gasteiger partial charge on any atom is -0.368 e. The van der Waals surface area contributed by atoms with Gasteiger partial charge in [0.15, 0.2) is 10.6 Å². The first-order valence-corrected chi connectivity index (χ1v) is 8.96. The number of urea groups is 1. The summed E-state index contributed by atoms with van der Waals surface area (Å²) in [5.74, 6) is 1.23. The smallest absolute Gasteiger partial charge is 0.324 e. The van der Waals surface area contributed by atoms with Crippen LogP contribution in [0.4, 0.5) is 22.5 Å². The highest BCUT2D eigenvalue weighted by Gasteiger charge is 2.29. The van der Waals surface area contributed by atoms with Gasteiger partial charge in [0.25, 0.3) is 0 Å². The molecule has 134 valence electrons. The van der Waals surface area contributed by atoms with Gasteiger partial charge in [0.05, 0.1) is 5.51 Å². The molecule has 1 aliphatic rings. The van der Waals surface area contributed by atoms with Crippen LogP contribution >= 0.6 is 11.3 Å². The summed E-state index contributed by atoms with van der Waals surface area (Å²) < 4.78 is 0. The maximum absolute atomic E-state index is 12.4. The highest BCUT2D eigenvalue weighted by molar-refractivity contribution is 7.16. The zero-order chi connectivity index (χ0) is 18.1. The van der Waals surface area contributed by atoms with Gasteiger partial charge in [-0.15, -0.1) is 11.3 Å². The molecule has 0 radical (unpaired) electrons. The summed E-state index contributed by atoms with van der Waals surface area (Å²) in [6.45, 7) is 3.73. The molecule has 0 aliphatic carbocycles. The third-order valence-electron chi connectivity index (χ3n) is 4.17. The third kappa shape index (κ3) is 3.08. The number of piperazine rings is 1. The summed E-state index contributed by atoms with van der Waals surface area (Å²) in [5, 5.41) is 2.71. The molecule has 4 heterocycles. The van der Waals surface area contributed by atoms with Gasteiger partial charge < -0.3 is 15.5 Å². The Morgan fingerprint density at radius 1 is 1.27 bits per heavy atom. The lowest BCUT2D eigenvalue weighted by Crippen LogP contribution is -2.55. The number of amides is 2. The highest BCUT2D eigenvalue weighted by Crippen LogP contribution is 2.28. The van der Waals surface area contributed by atoms with E-state index in [0.717, 1.165) is 10.3 Å². The molecule has 1 unspecified atom stereocenters. The third-order valence-corrected chi connectivity index (χ3v) is 4.89. The molecule has 4 rings (SSSR count). The van der Waals surface area contributed by atoms with Gasteiger partial charge in [0.1, 0.15) is 5.52 Å². The predicted molar refractivity (Wildman–Crippen MR) is 99.1 cm³/mol. The monoisotopic (exact) mass is 371 g/mol. The minimum atomic E-state index is -0.219. The first kappa shape index (κ1) is 16.4. The first-order chi connectivity index (χ1) is 12.6. The molecular formula is C15H17N9OS. The lowest BCUT2D eigenvalue weighted by Gasteiger charge is -2.40. The number of nitrogens with zero attached hydrogens (tertiary/aromatic N) is 7. The second kappa shape index (κ2) is 6.67. The van der Waals surface area contributed by atoms with Crippen molar-refractivity contribution in [2.75, 3.05) is 35.6 Å². The van der Waals surface area contributed by atoms with Crippen LogP contribution in [0.2, 0.25) is 0 Å². The van der Waals surface area contributed by atoms with Crippen LogP contribution in [0.15, 0.2) is 24.0 Å². The second-order valence-electron chi connectivity index (χ2n) is 5.90. The van der Waals surface area contributed by atoms with Gasteiger partial charge in [-0.05, 0) is 13.0 Å². The maximum atomic E-state index is 12.4. The maximum Gasteiger partial charge on any atom is 0.324 e. The number of thiazole rings is 1. The Kier molecular flexibility index (Phi) is 4.21. The fourth-order valence-corrected chi connectivity index (χ4v) is 3.62. The Morgan fingerprint density at radius 3 is 2.85 bits per heavy atom. The summed E-state index contributed by atoms with van der Waals surface area (Å²) in [7, 11) is 0. The lowest BCUT2D eigenvalue weighted by atomic mass is 10.2. The number of nitrogen functional groups attached to an aromatic ring is 1. The fourth-order valence-electron chi connectivity index (χ4n) is 2.96. The number of nitrogens with one attached hydrogen (secondary N) is 1. The van der Waals surface area contributed by atoms with Crippen molar-refractivity contribution in [1.29, 1.82) is 0 Å². The van der Waals surface area contributed by atoms with Gasteiger partial charge in [0.2, 0.25) is 11.9 Å². The SMILES string of the molecule is CC1CN(C(=O)Nc2ncccn2)CCN1c1nc(N)nc2scnc12. The fraction of sp³-hybridized carbons (Fsp3) is 0.333. The molecule has 1 aliphatic heterocycles. The van der Waals surface area contributed by atoms with E-state index in [2.05, 4.69) is 35.1 Å². The van der Waals surface area contributed by atoms with Crippen LogP contribution in [0.25, 0.3) is 10.3 Å².